The first kappa shape index (κ1) is 27.2. The van der Waals surface area contributed by atoms with Crippen LogP contribution in [0, 0.1) is 0 Å². The average molecular weight is 541 g/mol. The molecule has 0 bridgehead atoms. The molecule has 5 rings (SSSR count). The fourth-order valence-electron chi connectivity index (χ4n) is 5.15. The first-order chi connectivity index (χ1) is 19.2. The van der Waals surface area contributed by atoms with Gasteiger partial charge < -0.3 is 24.1 Å². The lowest BCUT2D eigenvalue weighted by atomic mass is 9.84. The van der Waals surface area contributed by atoms with E-state index >= 15 is 0 Å². The summed E-state index contributed by atoms with van der Waals surface area (Å²) < 4.78 is 22.8. The number of hydrogen-bond acceptors (Lipinski definition) is 7. The van der Waals surface area contributed by atoms with Crippen molar-refractivity contribution in [2.45, 2.75) is 39.2 Å². The smallest absolute Gasteiger partial charge is 0.238 e. The highest BCUT2D eigenvalue weighted by molar-refractivity contribution is 6.62. The van der Waals surface area contributed by atoms with Crippen molar-refractivity contribution in [3.8, 4) is 17.2 Å². The predicted molar refractivity (Wildman–Crippen MR) is 155 cm³/mol. The molecular weight excluding hydrogens is 508 g/mol. The third-order valence-electron chi connectivity index (χ3n) is 7.26. The van der Waals surface area contributed by atoms with E-state index in [4.69, 9.17) is 18.9 Å². The molecule has 0 amide bonds. The van der Waals surface area contributed by atoms with Crippen LogP contribution in [0.25, 0.3) is 28.2 Å². The highest BCUT2D eigenvalue weighted by Gasteiger charge is 2.36. The molecule has 7 heteroatoms. The Balaban J connectivity index is 1.64. The van der Waals surface area contributed by atoms with Gasteiger partial charge in [-0.3, -0.25) is 9.59 Å². The van der Waals surface area contributed by atoms with Crippen molar-refractivity contribution in [1.82, 2.24) is 0 Å². The van der Waals surface area contributed by atoms with E-state index in [1.807, 2.05) is 12.1 Å². The average Bonchev–Trinajstić information content (AvgIpc) is 2.94. The molecule has 1 N–H and O–H groups in total. The van der Waals surface area contributed by atoms with E-state index in [0.717, 1.165) is 34.9 Å². The molecule has 1 aliphatic heterocycles. The Morgan fingerprint density at radius 1 is 1.00 bits per heavy atom. The summed E-state index contributed by atoms with van der Waals surface area (Å²) in [5, 5.41) is 12.9. The fraction of sp³-hybridized carbons (Fsp3) is 0.273. The van der Waals surface area contributed by atoms with Gasteiger partial charge in [0.25, 0.3) is 0 Å². The van der Waals surface area contributed by atoms with Gasteiger partial charge in [-0.2, -0.15) is 0 Å². The Kier molecular flexibility index (Phi) is 7.25. The van der Waals surface area contributed by atoms with Crippen molar-refractivity contribution in [3.63, 3.8) is 0 Å². The van der Waals surface area contributed by atoms with E-state index < -0.39 is 17.2 Å². The van der Waals surface area contributed by atoms with Crippen molar-refractivity contribution >= 4 is 39.7 Å². The molecular formula is C33H32O7. The molecule has 3 aromatic carbocycles. The lowest BCUT2D eigenvalue weighted by molar-refractivity contribution is -0.110. The number of ether oxygens (including phenoxy) is 4. The highest BCUT2D eigenvalue weighted by Crippen LogP contribution is 2.43. The maximum absolute atomic E-state index is 13.3. The second-order valence-electron chi connectivity index (χ2n) is 10.5. The zero-order valence-electron chi connectivity index (χ0n) is 23.3. The molecule has 7 nitrogen and oxygen atoms in total. The number of fused-ring (bicyclic) bond motifs is 4. The van der Waals surface area contributed by atoms with E-state index in [0.29, 0.717) is 17.1 Å². The van der Waals surface area contributed by atoms with Gasteiger partial charge >= 0.3 is 0 Å². The molecule has 2 aliphatic rings. The summed E-state index contributed by atoms with van der Waals surface area (Å²) in [4.78, 5) is 26.4. The van der Waals surface area contributed by atoms with Crippen LogP contribution in [0.5, 0.6) is 17.2 Å². The van der Waals surface area contributed by atoms with Crippen LogP contribution in [-0.4, -0.2) is 43.3 Å². The van der Waals surface area contributed by atoms with Crippen LogP contribution in [0.15, 0.2) is 60.2 Å². The topological polar surface area (TPSA) is 91.3 Å². The molecule has 0 spiro atoms. The Hall–Kier alpha value is -4.36. The quantitative estimate of drug-likeness (QED) is 0.188. The first-order valence-corrected chi connectivity index (χ1v) is 13.1. The van der Waals surface area contributed by atoms with Crippen LogP contribution in [0.3, 0.4) is 0 Å². The summed E-state index contributed by atoms with van der Waals surface area (Å²) in [5.74, 6) is -0.349. The first-order valence-electron chi connectivity index (χ1n) is 13.1. The summed E-state index contributed by atoms with van der Waals surface area (Å²) in [6.45, 7) is 6.14. The van der Waals surface area contributed by atoms with Crippen LogP contribution in [-0.2, 0) is 9.53 Å². The summed E-state index contributed by atoms with van der Waals surface area (Å²) >= 11 is 0. The molecule has 1 unspecified atom stereocenters. The fourth-order valence-corrected chi connectivity index (χ4v) is 5.15. The minimum absolute atomic E-state index is 0.0944. The summed E-state index contributed by atoms with van der Waals surface area (Å²) in [5.41, 5.74) is 2.22. The number of allylic oxidation sites excluding steroid dienone is 3. The molecule has 40 heavy (non-hydrogen) atoms. The number of aliphatic hydroxyl groups excluding tert-OH is 1. The molecule has 0 fully saturated rings. The van der Waals surface area contributed by atoms with Crippen LogP contribution in [0.1, 0.15) is 60.7 Å². The van der Waals surface area contributed by atoms with E-state index in [1.54, 1.807) is 24.3 Å². The van der Waals surface area contributed by atoms with Gasteiger partial charge in [-0.25, -0.2) is 0 Å². The molecule has 3 aromatic rings. The zero-order chi connectivity index (χ0) is 28.6. The minimum Gasteiger partial charge on any atom is -0.506 e. The molecule has 1 aliphatic carbocycles. The third kappa shape index (κ3) is 4.89. The second-order valence-corrected chi connectivity index (χ2v) is 10.5. The van der Waals surface area contributed by atoms with Crippen molar-refractivity contribution in [2.24, 2.45) is 0 Å². The van der Waals surface area contributed by atoms with Crippen molar-refractivity contribution in [1.29, 1.82) is 0 Å². The predicted octanol–water partition coefficient (Wildman–Crippen LogP) is 6.93. The maximum atomic E-state index is 13.3. The van der Waals surface area contributed by atoms with E-state index in [2.05, 4.69) is 39.0 Å². The van der Waals surface area contributed by atoms with Gasteiger partial charge in [-0.1, -0.05) is 23.8 Å². The largest absolute Gasteiger partial charge is 0.506 e. The normalized spacial score (nSPS) is 17.8. The van der Waals surface area contributed by atoms with Gasteiger partial charge in [0, 0.05) is 29.4 Å². The van der Waals surface area contributed by atoms with Crippen LogP contribution >= 0.6 is 0 Å². The van der Waals surface area contributed by atoms with Crippen LogP contribution in [0.2, 0.25) is 0 Å². The van der Waals surface area contributed by atoms with Crippen molar-refractivity contribution in [3.05, 3.63) is 82.4 Å². The van der Waals surface area contributed by atoms with Gasteiger partial charge in [0.2, 0.25) is 11.6 Å². The van der Waals surface area contributed by atoms with Gasteiger partial charge in [0.1, 0.15) is 28.6 Å². The molecule has 206 valence electrons. The molecule has 0 aromatic heterocycles. The molecule has 1 heterocycles. The number of ketones is 2. The third-order valence-corrected chi connectivity index (χ3v) is 7.26. The number of aliphatic hydroxyl groups is 1. The summed E-state index contributed by atoms with van der Waals surface area (Å²) in [7, 11) is 2.98. The zero-order valence-corrected chi connectivity index (χ0v) is 23.3. The number of rotatable bonds is 8. The molecule has 0 saturated heterocycles. The SMILES string of the molecule is COCOc1cc2c3c(ccc2cc1C1=C(O)c2cc(OC)ccc2C(=O)C1=O)OC(C)(CCC=C(C)C)C=C3. The lowest BCUT2D eigenvalue weighted by Crippen LogP contribution is -2.31. The van der Waals surface area contributed by atoms with Gasteiger partial charge in [-0.05, 0) is 86.9 Å². The number of methoxy groups -OCH3 is 2. The minimum atomic E-state index is -0.815. The van der Waals surface area contributed by atoms with Crippen LogP contribution < -0.4 is 14.2 Å². The Morgan fingerprint density at radius 2 is 1.80 bits per heavy atom. The number of benzene rings is 3. The number of carbonyl (C=O) groups excluding carboxylic acids is 2. The van der Waals surface area contributed by atoms with Crippen LogP contribution in [0.4, 0.5) is 0 Å². The van der Waals surface area contributed by atoms with E-state index in [9.17, 15) is 14.7 Å². The Bertz CT molecular complexity index is 1620. The molecule has 1 atom stereocenters. The van der Waals surface area contributed by atoms with E-state index in [1.165, 1.54) is 25.9 Å². The number of Topliss-reactive ketones (excluding diaryl/α,β-unsaturated/α-hetero) is 2. The number of carbonyl (C=O) groups is 2. The van der Waals surface area contributed by atoms with E-state index in [-0.39, 0.29) is 29.3 Å². The second kappa shape index (κ2) is 10.7. The Morgan fingerprint density at radius 3 is 2.52 bits per heavy atom. The monoisotopic (exact) mass is 540 g/mol. The van der Waals surface area contributed by atoms with Crippen molar-refractivity contribution in [2.75, 3.05) is 21.0 Å². The summed E-state index contributed by atoms with van der Waals surface area (Å²) in [6, 6.07) is 11.9. The maximum Gasteiger partial charge on any atom is 0.238 e. The summed E-state index contributed by atoms with van der Waals surface area (Å²) in [6.07, 6.45) is 8.07. The Labute approximate surface area is 233 Å². The standard InChI is InChI=1S/C33H32O7/c1-19(2)7-6-13-33(3)14-12-22-24-17-28(39-18-37-4)26(15-20(24)8-11-27(22)40-33)29-30(34)25-16-21(38-5)9-10-23(25)31(35)32(29)36/h7-12,14-17,34H,6,13,18H2,1-5H3. The highest BCUT2D eigenvalue weighted by atomic mass is 16.7. The molecule has 0 saturated carbocycles. The van der Waals surface area contributed by atoms with Crippen molar-refractivity contribution < 1.29 is 33.6 Å². The van der Waals surface area contributed by atoms with Gasteiger partial charge in [0.05, 0.1) is 12.7 Å². The van der Waals surface area contributed by atoms with Gasteiger partial charge in [0.15, 0.2) is 6.79 Å². The number of hydrogen-bond donors (Lipinski definition) is 1. The molecule has 0 radical (unpaired) electrons. The van der Waals surface area contributed by atoms with Gasteiger partial charge in [-0.15, -0.1) is 0 Å². The lowest BCUT2D eigenvalue weighted by Gasteiger charge is -2.32.